The molecule has 3 unspecified atom stereocenters. The fraction of sp³-hybridized carbons (Fsp3) is 0.643. The van der Waals surface area contributed by atoms with Crippen molar-refractivity contribution in [2.24, 2.45) is 11.8 Å². The van der Waals surface area contributed by atoms with Crippen LogP contribution in [-0.4, -0.2) is 35.1 Å². The van der Waals surface area contributed by atoms with Gasteiger partial charge < -0.3 is 10.0 Å². The van der Waals surface area contributed by atoms with Crippen LogP contribution in [0.2, 0.25) is 0 Å². The fourth-order valence-electron chi connectivity index (χ4n) is 3.35. The van der Waals surface area contributed by atoms with Crippen LogP contribution in [0.3, 0.4) is 0 Å². The molecular formula is C14H19NO2S. The van der Waals surface area contributed by atoms with Crippen molar-refractivity contribution in [3.63, 3.8) is 0 Å². The maximum Gasteiger partial charge on any atom is 0.264 e. The Morgan fingerprint density at radius 3 is 3.06 bits per heavy atom. The van der Waals surface area contributed by atoms with Gasteiger partial charge in [0.05, 0.1) is 11.0 Å². The normalized spacial score (nSPS) is 30.8. The number of thiophene rings is 1. The quantitative estimate of drug-likeness (QED) is 0.890. The molecule has 2 aliphatic rings. The van der Waals surface area contributed by atoms with Gasteiger partial charge in [0, 0.05) is 19.0 Å². The third kappa shape index (κ3) is 1.88. The Bertz CT molecular complexity index is 456. The first-order valence-electron chi connectivity index (χ1n) is 6.74. The number of aryl methyl sites for hydroxylation is 1. The summed E-state index contributed by atoms with van der Waals surface area (Å²) in [5.74, 6) is 1.01. The van der Waals surface area contributed by atoms with E-state index in [9.17, 15) is 9.90 Å². The number of nitrogens with zero attached hydrogens (tertiary/aromatic N) is 1. The SMILES string of the molecule is CCc1ccsc1C(=O)N1CC2CCC(O)C2C1. The molecule has 3 atom stereocenters. The molecule has 3 nitrogen and oxygen atoms in total. The summed E-state index contributed by atoms with van der Waals surface area (Å²) in [4.78, 5) is 15.3. The van der Waals surface area contributed by atoms with Crippen molar-refractivity contribution in [3.8, 4) is 0 Å². The number of amides is 1. The van der Waals surface area contributed by atoms with Crippen LogP contribution in [0.4, 0.5) is 0 Å². The van der Waals surface area contributed by atoms with E-state index in [1.807, 2.05) is 16.3 Å². The summed E-state index contributed by atoms with van der Waals surface area (Å²) < 4.78 is 0. The largest absolute Gasteiger partial charge is 0.393 e. The Labute approximate surface area is 111 Å². The third-order valence-electron chi connectivity index (χ3n) is 4.43. The Morgan fingerprint density at radius 2 is 2.33 bits per heavy atom. The maximum atomic E-state index is 12.5. The zero-order valence-corrected chi connectivity index (χ0v) is 11.4. The van der Waals surface area contributed by atoms with E-state index >= 15 is 0 Å². The molecule has 0 radical (unpaired) electrons. The van der Waals surface area contributed by atoms with Gasteiger partial charge in [0.1, 0.15) is 0 Å². The molecule has 18 heavy (non-hydrogen) atoms. The summed E-state index contributed by atoms with van der Waals surface area (Å²) in [6.45, 7) is 3.66. The highest BCUT2D eigenvalue weighted by molar-refractivity contribution is 7.12. The lowest BCUT2D eigenvalue weighted by Gasteiger charge is -2.18. The molecule has 0 aromatic carbocycles. The molecular weight excluding hydrogens is 246 g/mol. The van der Waals surface area contributed by atoms with Gasteiger partial charge in [-0.15, -0.1) is 11.3 Å². The number of aliphatic hydroxyl groups is 1. The summed E-state index contributed by atoms with van der Waals surface area (Å²) in [5, 5.41) is 11.9. The minimum absolute atomic E-state index is 0.170. The first-order valence-corrected chi connectivity index (χ1v) is 7.62. The van der Waals surface area contributed by atoms with Crippen molar-refractivity contribution in [2.75, 3.05) is 13.1 Å². The molecule has 1 saturated heterocycles. The van der Waals surface area contributed by atoms with Crippen molar-refractivity contribution >= 4 is 17.2 Å². The van der Waals surface area contributed by atoms with E-state index in [0.29, 0.717) is 11.8 Å². The Kier molecular flexibility index (Phi) is 3.16. The molecule has 98 valence electrons. The summed E-state index contributed by atoms with van der Waals surface area (Å²) in [6, 6.07) is 2.05. The zero-order valence-electron chi connectivity index (χ0n) is 10.6. The maximum absolute atomic E-state index is 12.5. The summed E-state index contributed by atoms with van der Waals surface area (Å²) in [7, 11) is 0. The minimum atomic E-state index is -0.193. The molecule has 1 N–H and O–H groups in total. The van der Waals surface area contributed by atoms with Crippen LogP contribution in [0.1, 0.15) is 35.0 Å². The van der Waals surface area contributed by atoms with Crippen LogP contribution < -0.4 is 0 Å². The smallest absolute Gasteiger partial charge is 0.264 e. The van der Waals surface area contributed by atoms with Gasteiger partial charge in [-0.1, -0.05) is 6.92 Å². The lowest BCUT2D eigenvalue weighted by molar-refractivity contribution is 0.0756. The number of carbonyl (C=O) groups excluding carboxylic acids is 1. The van der Waals surface area contributed by atoms with Crippen LogP contribution >= 0.6 is 11.3 Å². The van der Waals surface area contributed by atoms with E-state index in [2.05, 4.69) is 6.92 Å². The van der Waals surface area contributed by atoms with Crippen LogP contribution in [0.25, 0.3) is 0 Å². The van der Waals surface area contributed by atoms with Crippen molar-refractivity contribution in [1.82, 2.24) is 4.90 Å². The van der Waals surface area contributed by atoms with Crippen LogP contribution in [-0.2, 0) is 6.42 Å². The third-order valence-corrected chi connectivity index (χ3v) is 5.37. The molecule has 0 bridgehead atoms. The number of likely N-dealkylation sites (tertiary alicyclic amines) is 1. The molecule has 2 fully saturated rings. The van der Waals surface area contributed by atoms with Gasteiger partial charge in [0.2, 0.25) is 0 Å². The Hall–Kier alpha value is -0.870. The van der Waals surface area contributed by atoms with E-state index in [-0.39, 0.29) is 12.0 Å². The molecule has 1 saturated carbocycles. The lowest BCUT2D eigenvalue weighted by atomic mass is 10.00. The number of fused-ring (bicyclic) bond motifs is 1. The Balaban J connectivity index is 1.75. The average molecular weight is 265 g/mol. The molecule has 0 spiro atoms. The number of rotatable bonds is 2. The minimum Gasteiger partial charge on any atom is -0.393 e. The van der Waals surface area contributed by atoms with Crippen LogP contribution in [0.15, 0.2) is 11.4 Å². The number of carbonyl (C=O) groups is 1. The van der Waals surface area contributed by atoms with Gasteiger partial charge in [-0.25, -0.2) is 0 Å². The van der Waals surface area contributed by atoms with E-state index < -0.39 is 0 Å². The average Bonchev–Trinajstić information content (AvgIpc) is 3.05. The number of hydrogen-bond acceptors (Lipinski definition) is 3. The molecule has 2 heterocycles. The second-order valence-corrected chi connectivity index (χ2v) is 6.32. The molecule has 3 rings (SSSR count). The van der Waals surface area contributed by atoms with Gasteiger partial charge >= 0.3 is 0 Å². The highest BCUT2D eigenvalue weighted by atomic mass is 32.1. The van der Waals surface area contributed by atoms with Crippen LogP contribution in [0, 0.1) is 11.8 Å². The van der Waals surface area contributed by atoms with Crippen molar-refractivity contribution in [1.29, 1.82) is 0 Å². The van der Waals surface area contributed by atoms with E-state index in [1.54, 1.807) is 11.3 Å². The monoisotopic (exact) mass is 265 g/mol. The lowest BCUT2D eigenvalue weighted by Crippen LogP contribution is -2.31. The first-order chi connectivity index (χ1) is 8.70. The van der Waals surface area contributed by atoms with E-state index in [0.717, 1.165) is 42.8 Å². The van der Waals surface area contributed by atoms with E-state index in [4.69, 9.17) is 0 Å². The first kappa shape index (κ1) is 12.2. The molecule has 1 amide bonds. The second-order valence-electron chi connectivity index (χ2n) is 5.41. The topological polar surface area (TPSA) is 40.5 Å². The van der Waals surface area contributed by atoms with Crippen LogP contribution in [0.5, 0.6) is 0 Å². The molecule has 4 heteroatoms. The highest BCUT2D eigenvalue weighted by Crippen LogP contribution is 2.39. The molecule has 1 aromatic heterocycles. The van der Waals surface area contributed by atoms with Gasteiger partial charge in [-0.2, -0.15) is 0 Å². The van der Waals surface area contributed by atoms with Crippen molar-refractivity contribution in [2.45, 2.75) is 32.3 Å². The standard InChI is InChI=1S/C14H19NO2S/c1-2-9-5-6-18-13(9)14(17)15-7-10-3-4-12(16)11(10)8-15/h5-6,10-12,16H,2-4,7-8H2,1H3. The predicted molar refractivity (Wildman–Crippen MR) is 71.8 cm³/mol. The summed E-state index contributed by atoms with van der Waals surface area (Å²) in [6.07, 6.45) is 2.70. The number of aliphatic hydroxyl groups excluding tert-OH is 1. The van der Waals surface area contributed by atoms with Gasteiger partial charge in [-0.3, -0.25) is 4.79 Å². The number of hydrogen-bond donors (Lipinski definition) is 1. The van der Waals surface area contributed by atoms with Crippen molar-refractivity contribution < 1.29 is 9.90 Å². The Morgan fingerprint density at radius 1 is 1.50 bits per heavy atom. The fourth-order valence-corrected chi connectivity index (χ4v) is 4.31. The van der Waals surface area contributed by atoms with Crippen molar-refractivity contribution in [3.05, 3.63) is 21.9 Å². The second kappa shape index (κ2) is 4.67. The van der Waals surface area contributed by atoms with Gasteiger partial charge in [0.25, 0.3) is 5.91 Å². The van der Waals surface area contributed by atoms with Gasteiger partial charge in [-0.05, 0) is 42.2 Å². The highest BCUT2D eigenvalue weighted by Gasteiger charge is 2.43. The predicted octanol–water partition coefficient (Wildman–Crippen LogP) is 2.15. The molecule has 1 aromatic rings. The summed E-state index contributed by atoms with van der Waals surface area (Å²) >= 11 is 1.54. The molecule has 1 aliphatic carbocycles. The van der Waals surface area contributed by atoms with Gasteiger partial charge in [0.15, 0.2) is 0 Å². The zero-order chi connectivity index (χ0) is 12.7. The summed E-state index contributed by atoms with van der Waals surface area (Å²) in [5.41, 5.74) is 1.16. The molecule has 1 aliphatic heterocycles. The van der Waals surface area contributed by atoms with E-state index in [1.165, 1.54) is 0 Å².